The molecule has 1 unspecified atom stereocenters. The molecule has 1 saturated heterocycles. The fraction of sp³-hybridized carbons (Fsp3) is 0.636. The summed E-state index contributed by atoms with van der Waals surface area (Å²) in [5.41, 5.74) is 1.60. The van der Waals surface area contributed by atoms with E-state index >= 15 is 0 Å². The molecule has 1 heterocycles. The third-order valence-corrected chi connectivity index (χ3v) is 5.08. The van der Waals surface area contributed by atoms with Crippen LogP contribution < -0.4 is 10.6 Å². The molecule has 0 saturated carbocycles. The zero-order valence-corrected chi connectivity index (χ0v) is 21.0. The minimum Gasteiger partial charge on any atom is -0.367 e. The zero-order chi connectivity index (χ0) is 22.7. The summed E-state index contributed by atoms with van der Waals surface area (Å²) < 4.78 is 41.1. The van der Waals surface area contributed by atoms with Crippen molar-refractivity contribution in [2.45, 2.75) is 64.9 Å². The van der Waals surface area contributed by atoms with Crippen LogP contribution >= 0.6 is 24.0 Å². The van der Waals surface area contributed by atoms with Crippen LogP contribution in [0.15, 0.2) is 29.3 Å². The first kappa shape index (κ1) is 28.5. The summed E-state index contributed by atoms with van der Waals surface area (Å²) in [5.74, 6) is 0.790. The topological polar surface area (TPSA) is 66.0 Å². The van der Waals surface area contributed by atoms with Crippen molar-refractivity contribution in [2.75, 3.05) is 26.2 Å². The van der Waals surface area contributed by atoms with Crippen molar-refractivity contribution in [3.8, 4) is 0 Å². The molecule has 1 atom stereocenters. The summed E-state index contributed by atoms with van der Waals surface area (Å²) in [6.45, 7) is 5.17. The van der Waals surface area contributed by atoms with Crippen LogP contribution in [0.3, 0.4) is 0 Å². The summed E-state index contributed by atoms with van der Waals surface area (Å²) >= 11 is 0. The number of nitrogens with zero attached hydrogens (tertiary/aromatic N) is 2. The van der Waals surface area contributed by atoms with Gasteiger partial charge in [0.1, 0.15) is 6.61 Å². The molecule has 2 rings (SSSR count). The van der Waals surface area contributed by atoms with Crippen molar-refractivity contribution in [1.82, 2.24) is 15.5 Å². The number of rotatable bonds is 9. The molecule has 6 nitrogen and oxygen atoms in total. The maximum Gasteiger partial charge on any atom is 0.411 e. The fourth-order valence-corrected chi connectivity index (χ4v) is 3.44. The van der Waals surface area contributed by atoms with Crippen molar-refractivity contribution >= 4 is 35.8 Å². The van der Waals surface area contributed by atoms with E-state index in [9.17, 15) is 18.0 Å². The van der Waals surface area contributed by atoms with Gasteiger partial charge in [-0.2, -0.15) is 13.2 Å². The lowest BCUT2D eigenvalue weighted by molar-refractivity contribution is -0.176. The molecule has 1 aromatic carbocycles. The molecule has 0 bridgehead atoms. The average molecular weight is 570 g/mol. The van der Waals surface area contributed by atoms with Gasteiger partial charge >= 0.3 is 6.18 Å². The van der Waals surface area contributed by atoms with Crippen molar-refractivity contribution in [1.29, 1.82) is 0 Å². The van der Waals surface area contributed by atoms with Crippen molar-refractivity contribution in [2.24, 2.45) is 4.99 Å². The predicted octanol–water partition coefficient (Wildman–Crippen LogP) is 4.23. The number of ether oxygens (including phenoxy) is 1. The van der Waals surface area contributed by atoms with Crippen LogP contribution in [0.4, 0.5) is 13.2 Å². The normalized spacial score (nSPS) is 17.0. The molecular weight excluding hydrogens is 536 g/mol. The highest BCUT2D eigenvalue weighted by Gasteiger charge is 2.27. The maximum absolute atomic E-state index is 12.4. The number of carbonyl (C=O) groups excluding carboxylic acids is 1. The number of halogens is 4. The van der Waals surface area contributed by atoms with E-state index in [1.54, 1.807) is 12.1 Å². The minimum absolute atomic E-state index is 0. The van der Waals surface area contributed by atoms with Gasteiger partial charge in [0.2, 0.25) is 5.91 Å². The number of amides is 1. The molecule has 32 heavy (non-hydrogen) atoms. The van der Waals surface area contributed by atoms with Crippen LogP contribution in [0.2, 0.25) is 0 Å². The van der Waals surface area contributed by atoms with Crippen LogP contribution in [-0.4, -0.2) is 55.2 Å². The number of likely N-dealkylation sites (tertiary alicyclic amines) is 1. The Kier molecular flexibility index (Phi) is 13.0. The third kappa shape index (κ3) is 10.8. The highest BCUT2D eigenvalue weighted by atomic mass is 127. The molecular formula is C22H34F3IN4O2. The largest absolute Gasteiger partial charge is 0.411 e. The molecule has 1 aliphatic rings. The van der Waals surface area contributed by atoms with E-state index in [1.165, 1.54) is 6.42 Å². The number of hydrogen-bond acceptors (Lipinski definition) is 3. The summed E-state index contributed by atoms with van der Waals surface area (Å²) in [6, 6.07) is 7.42. The van der Waals surface area contributed by atoms with Gasteiger partial charge in [0.15, 0.2) is 5.96 Å². The van der Waals surface area contributed by atoms with Crippen LogP contribution in [0.5, 0.6) is 0 Å². The Bertz CT molecular complexity index is 714. The Morgan fingerprint density at radius 1 is 1.19 bits per heavy atom. The van der Waals surface area contributed by atoms with E-state index in [0.29, 0.717) is 43.6 Å². The third-order valence-electron chi connectivity index (χ3n) is 5.08. The van der Waals surface area contributed by atoms with Crippen LogP contribution in [-0.2, 0) is 22.7 Å². The minimum atomic E-state index is -4.32. The summed E-state index contributed by atoms with van der Waals surface area (Å²) in [5, 5.41) is 6.35. The van der Waals surface area contributed by atoms with Gasteiger partial charge in [-0.25, -0.2) is 4.99 Å². The second kappa shape index (κ2) is 14.6. The summed E-state index contributed by atoms with van der Waals surface area (Å²) in [6.07, 6.45) is -0.582. The van der Waals surface area contributed by atoms with Gasteiger partial charge in [-0.1, -0.05) is 24.3 Å². The maximum atomic E-state index is 12.4. The summed E-state index contributed by atoms with van der Waals surface area (Å²) in [7, 11) is 0. The lowest BCUT2D eigenvalue weighted by Crippen LogP contribution is -2.44. The van der Waals surface area contributed by atoms with Gasteiger partial charge in [-0.15, -0.1) is 24.0 Å². The van der Waals surface area contributed by atoms with Gasteiger partial charge in [0.05, 0.1) is 13.2 Å². The number of alkyl halides is 3. The first-order valence-corrected chi connectivity index (χ1v) is 10.8. The number of nitrogens with one attached hydrogen (secondary N) is 2. The zero-order valence-electron chi connectivity index (χ0n) is 18.7. The predicted molar refractivity (Wildman–Crippen MR) is 130 cm³/mol. The van der Waals surface area contributed by atoms with E-state index in [2.05, 4.69) is 27.3 Å². The molecule has 1 fully saturated rings. The lowest BCUT2D eigenvalue weighted by atomic mass is 10.0. The summed E-state index contributed by atoms with van der Waals surface area (Å²) in [4.78, 5) is 18.9. The SMILES string of the molecule is CCNC(=NCc1ccc(COCC(F)(F)F)cc1)NCCC(=O)N1CCCCC1C.I. The van der Waals surface area contributed by atoms with E-state index in [0.717, 1.165) is 24.9 Å². The molecule has 0 aliphatic carbocycles. The first-order chi connectivity index (χ1) is 14.8. The molecule has 0 aromatic heterocycles. The molecule has 1 aromatic rings. The fourth-order valence-electron chi connectivity index (χ4n) is 3.44. The second-order valence-electron chi connectivity index (χ2n) is 7.73. The van der Waals surface area contributed by atoms with Crippen LogP contribution in [0.25, 0.3) is 0 Å². The van der Waals surface area contributed by atoms with Crippen LogP contribution in [0, 0.1) is 0 Å². The highest BCUT2D eigenvalue weighted by molar-refractivity contribution is 14.0. The number of aliphatic imine (C=N–C) groups is 1. The lowest BCUT2D eigenvalue weighted by Gasteiger charge is -2.33. The standard InChI is InChI=1S/C22H33F3N4O2.HI/c1-3-26-21(27-12-11-20(30)29-13-5-4-6-17(29)2)28-14-18-7-9-19(10-8-18)15-31-16-22(23,24)25;/h7-10,17H,3-6,11-16H2,1-2H3,(H2,26,27,28);1H. The Morgan fingerprint density at radius 2 is 1.88 bits per heavy atom. The number of carbonyl (C=O) groups is 1. The molecule has 0 radical (unpaired) electrons. The van der Waals surface area contributed by atoms with Gasteiger partial charge in [0.25, 0.3) is 0 Å². The molecule has 2 N–H and O–H groups in total. The average Bonchev–Trinajstić information content (AvgIpc) is 2.72. The molecule has 0 spiro atoms. The Labute approximate surface area is 205 Å². The van der Waals surface area contributed by atoms with Crippen LogP contribution in [0.1, 0.15) is 50.7 Å². The monoisotopic (exact) mass is 570 g/mol. The smallest absolute Gasteiger partial charge is 0.367 e. The van der Waals surface area contributed by atoms with Crippen molar-refractivity contribution < 1.29 is 22.7 Å². The van der Waals surface area contributed by atoms with E-state index < -0.39 is 12.8 Å². The first-order valence-electron chi connectivity index (χ1n) is 10.8. The second-order valence-corrected chi connectivity index (χ2v) is 7.73. The Morgan fingerprint density at radius 3 is 2.50 bits per heavy atom. The van der Waals surface area contributed by atoms with Crippen molar-refractivity contribution in [3.63, 3.8) is 0 Å². The number of benzene rings is 1. The molecule has 1 aliphatic heterocycles. The number of guanidine groups is 1. The quantitative estimate of drug-likeness (QED) is 0.265. The van der Waals surface area contributed by atoms with Gasteiger partial charge in [0, 0.05) is 32.1 Å². The van der Waals surface area contributed by atoms with Crippen molar-refractivity contribution in [3.05, 3.63) is 35.4 Å². The van der Waals surface area contributed by atoms with E-state index in [-0.39, 0.29) is 36.5 Å². The van der Waals surface area contributed by atoms with Gasteiger partial charge in [-0.3, -0.25) is 4.79 Å². The molecule has 182 valence electrons. The Hall–Kier alpha value is -1.56. The molecule has 1 amide bonds. The van der Waals surface area contributed by atoms with Gasteiger partial charge < -0.3 is 20.3 Å². The van der Waals surface area contributed by atoms with E-state index in [4.69, 9.17) is 0 Å². The Balaban J connectivity index is 0.00000512. The van der Waals surface area contributed by atoms with Gasteiger partial charge in [-0.05, 0) is 44.2 Å². The molecule has 10 heteroatoms. The number of hydrogen-bond donors (Lipinski definition) is 2. The number of piperidine rings is 1. The van der Waals surface area contributed by atoms with E-state index in [1.807, 2.05) is 24.0 Å². The highest BCUT2D eigenvalue weighted by Crippen LogP contribution is 2.17.